The van der Waals surface area contributed by atoms with Crippen LogP contribution in [0.4, 0.5) is 4.39 Å². The number of hydrogen-bond acceptors (Lipinski definition) is 1. The van der Waals surface area contributed by atoms with E-state index in [1.807, 2.05) is 20.8 Å². The van der Waals surface area contributed by atoms with Crippen LogP contribution in [0.1, 0.15) is 36.7 Å². The topological polar surface area (TPSA) is 17.1 Å². The van der Waals surface area contributed by atoms with Gasteiger partial charge in [0, 0.05) is 4.47 Å². The fraction of sp³-hybridized carbons (Fsp3) is 0.364. The molecule has 0 N–H and O–H groups in total. The summed E-state index contributed by atoms with van der Waals surface area (Å²) in [6.45, 7) is 5.90. The van der Waals surface area contributed by atoms with E-state index in [0.29, 0.717) is 4.47 Å². The number of benzene rings is 1. The lowest BCUT2D eigenvalue weighted by atomic mass is 9.86. The summed E-state index contributed by atoms with van der Waals surface area (Å²) in [6.07, 6.45) is 0. The van der Waals surface area contributed by atoms with E-state index in [9.17, 15) is 9.18 Å². The first kappa shape index (κ1) is 12.7. The highest BCUT2D eigenvalue weighted by atomic mass is 79.9. The van der Waals surface area contributed by atoms with Crippen LogP contribution in [-0.4, -0.2) is 5.24 Å². The molecule has 0 heterocycles. The molecular weight excluding hydrogens is 282 g/mol. The van der Waals surface area contributed by atoms with Crippen LogP contribution in [-0.2, 0) is 5.41 Å². The normalized spacial score (nSPS) is 11.6. The number of halogens is 3. The maximum atomic E-state index is 13.5. The van der Waals surface area contributed by atoms with Gasteiger partial charge in [-0.25, -0.2) is 4.39 Å². The van der Waals surface area contributed by atoms with Crippen molar-refractivity contribution >= 4 is 32.8 Å². The third kappa shape index (κ3) is 2.79. The summed E-state index contributed by atoms with van der Waals surface area (Å²) in [5.74, 6) is -0.580. The van der Waals surface area contributed by atoms with Crippen molar-refractivity contribution in [1.82, 2.24) is 0 Å². The van der Waals surface area contributed by atoms with Crippen LogP contribution in [0.15, 0.2) is 16.6 Å². The molecular formula is C11H11BrClFO. The highest BCUT2D eigenvalue weighted by molar-refractivity contribution is 9.10. The van der Waals surface area contributed by atoms with Crippen LogP contribution in [0, 0.1) is 5.82 Å². The van der Waals surface area contributed by atoms with Crippen LogP contribution >= 0.6 is 27.5 Å². The summed E-state index contributed by atoms with van der Waals surface area (Å²) in [7, 11) is 0. The molecule has 0 unspecified atom stereocenters. The Hall–Kier alpha value is -0.410. The van der Waals surface area contributed by atoms with E-state index < -0.39 is 11.1 Å². The van der Waals surface area contributed by atoms with Crippen molar-refractivity contribution in [2.45, 2.75) is 26.2 Å². The van der Waals surface area contributed by atoms with Crippen molar-refractivity contribution < 1.29 is 9.18 Å². The second kappa shape index (κ2) is 4.22. The predicted molar refractivity (Wildman–Crippen MR) is 63.0 cm³/mol. The minimum atomic E-state index is -0.784. The van der Waals surface area contributed by atoms with Gasteiger partial charge in [-0.3, -0.25) is 4.79 Å². The molecule has 1 nitrogen and oxygen atoms in total. The largest absolute Gasteiger partial charge is 0.275 e. The van der Waals surface area contributed by atoms with Gasteiger partial charge in [0.1, 0.15) is 5.82 Å². The average Bonchev–Trinajstić information content (AvgIpc) is 2.06. The number of carbonyl (C=O) groups is 1. The first-order chi connectivity index (χ1) is 6.73. The molecule has 0 bridgehead atoms. The summed E-state index contributed by atoms with van der Waals surface area (Å²) in [5.41, 5.74) is 0.520. The maximum Gasteiger partial charge on any atom is 0.255 e. The first-order valence-electron chi connectivity index (χ1n) is 4.43. The Kier molecular flexibility index (Phi) is 3.56. The lowest BCUT2D eigenvalue weighted by molar-refractivity contribution is 0.107. The molecule has 1 aromatic rings. The SMILES string of the molecule is CC(C)(C)c1cc(F)c(C(=O)Cl)cc1Br. The van der Waals surface area contributed by atoms with Gasteiger partial charge in [0.2, 0.25) is 0 Å². The van der Waals surface area contributed by atoms with E-state index in [1.54, 1.807) is 0 Å². The van der Waals surface area contributed by atoms with Crippen LogP contribution in [0.3, 0.4) is 0 Å². The Bertz CT molecular complexity index is 410. The van der Waals surface area contributed by atoms with Gasteiger partial charge in [-0.05, 0) is 34.7 Å². The Morgan fingerprint density at radius 1 is 1.40 bits per heavy atom. The molecule has 1 aromatic carbocycles. The van der Waals surface area contributed by atoms with Crippen LogP contribution in [0.5, 0.6) is 0 Å². The standard InChI is InChI=1S/C11H11BrClFO/c1-11(2,3)7-5-9(14)6(10(13)15)4-8(7)12/h4-5H,1-3H3. The number of hydrogen-bond donors (Lipinski definition) is 0. The fourth-order valence-electron chi connectivity index (χ4n) is 1.27. The van der Waals surface area contributed by atoms with E-state index in [1.165, 1.54) is 12.1 Å². The molecule has 0 aliphatic carbocycles. The molecule has 0 aromatic heterocycles. The lowest BCUT2D eigenvalue weighted by Gasteiger charge is -2.21. The van der Waals surface area contributed by atoms with Gasteiger partial charge in [0.25, 0.3) is 5.24 Å². The molecule has 0 saturated heterocycles. The summed E-state index contributed by atoms with van der Waals surface area (Å²) in [4.78, 5) is 10.9. The molecule has 82 valence electrons. The van der Waals surface area contributed by atoms with E-state index in [0.717, 1.165) is 5.56 Å². The van der Waals surface area contributed by atoms with Crippen molar-refractivity contribution in [2.75, 3.05) is 0 Å². The molecule has 0 spiro atoms. The molecule has 0 amide bonds. The average molecular weight is 294 g/mol. The molecule has 0 atom stereocenters. The van der Waals surface area contributed by atoms with E-state index >= 15 is 0 Å². The lowest BCUT2D eigenvalue weighted by Crippen LogP contribution is -2.13. The van der Waals surface area contributed by atoms with E-state index in [2.05, 4.69) is 15.9 Å². The molecule has 0 radical (unpaired) electrons. The van der Waals surface area contributed by atoms with Crippen molar-refractivity contribution in [3.05, 3.63) is 33.5 Å². The Morgan fingerprint density at radius 3 is 2.33 bits per heavy atom. The quantitative estimate of drug-likeness (QED) is 0.707. The fourth-order valence-corrected chi connectivity index (χ4v) is 2.36. The van der Waals surface area contributed by atoms with E-state index in [-0.39, 0.29) is 11.0 Å². The van der Waals surface area contributed by atoms with Crippen molar-refractivity contribution in [2.24, 2.45) is 0 Å². The molecule has 15 heavy (non-hydrogen) atoms. The predicted octanol–water partition coefficient (Wildman–Crippen LogP) is 4.26. The summed E-state index contributed by atoms with van der Waals surface area (Å²) >= 11 is 8.56. The molecule has 0 fully saturated rings. The van der Waals surface area contributed by atoms with Crippen LogP contribution in [0.25, 0.3) is 0 Å². The van der Waals surface area contributed by atoms with Gasteiger partial charge in [-0.2, -0.15) is 0 Å². The minimum absolute atomic E-state index is 0.100. The van der Waals surface area contributed by atoms with Gasteiger partial charge in [0.15, 0.2) is 0 Å². The van der Waals surface area contributed by atoms with Crippen molar-refractivity contribution in [3.63, 3.8) is 0 Å². The van der Waals surface area contributed by atoms with Gasteiger partial charge >= 0.3 is 0 Å². The monoisotopic (exact) mass is 292 g/mol. The third-order valence-electron chi connectivity index (χ3n) is 2.08. The van der Waals surface area contributed by atoms with Gasteiger partial charge < -0.3 is 0 Å². The molecule has 4 heteroatoms. The Labute approximate surface area is 102 Å². The molecule has 1 rings (SSSR count). The smallest absolute Gasteiger partial charge is 0.255 e. The zero-order valence-corrected chi connectivity index (χ0v) is 11.0. The number of carbonyl (C=O) groups excluding carboxylic acids is 1. The van der Waals surface area contributed by atoms with E-state index in [4.69, 9.17) is 11.6 Å². The zero-order chi connectivity index (χ0) is 11.8. The zero-order valence-electron chi connectivity index (χ0n) is 8.70. The first-order valence-corrected chi connectivity index (χ1v) is 5.60. The summed E-state index contributed by atoms with van der Waals surface area (Å²) in [5, 5.41) is -0.784. The minimum Gasteiger partial charge on any atom is -0.275 e. The molecule has 0 aliphatic rings. The maximum absolute atomic E-state index is 13.5. The van der Waals surface area contributed by atoms with Crippen LogP contribution in [0.2, 0.25) is 0 Å². The van der Waals surface area contributed by atoms with Gasteiger partial charge in [-0.1, -0.05) is 36.7 Å². The van der Waals surface area contributed by atoms with Crippen molar-refractivity contribution in [1.29, 1.82) is 0 Å². The Balaban J connectivity index is 3.39. The second-order valence-electron chi connectivity index (χ2n) is 4.34. The van der Waals surface area contributed by atoms with Gasteiger partial charge in [0.05, 0.1) is 5.56 Å². The highest BCUT2D eigenvalue weighted by Crippen LogP contribution is 2.32. The van der Waals surface area contributed by atoms with Gasteiger partial charge in [-0.15, -0.1) is 0 Å². The Morgan fingerprint density at radius 2 is 1.93 bits per heavy atom. The summed E-state index contributed by atoms with van der Waals surface area (Å²) in [6, 6.07) is 2.77. The molecule has 0 aliphatic heterocycles. The number of rotatable bonds is 1. The highest BCUT2D eigenvalue weighted by Gasteiger charge is 2.21. The molecule has 0 saturated carbocycles. The second-order valence-corrected chi connectivity index (χ2v) is 5.53. The van der Waals surface area contributed by atoms with Crippen molar-refractivity contribution in [3.8, 4) is 0 Å². The third-order valence-corrected chi connectivity index (χ3v) is 2.94. The van der Waals surface area contributed by atoms with Crippen LogP contribution < -0.4 is 0 Å². The summed E-state index contributed by atoms with van der Waals surface area (Å²) < 4.78 is 14.2.